The Kier molecular flexibility index (Phi) is 3.57. The zero-order valence-electron chi connectivity index (χ0n) is 9.35. The van der Waals surface area contributed by atoms with E-state index in [4.69, 9.17) is 0 Å². The average Bonchev–Trinajstić information content (AvgIpc) is 2.79. The largest absolute Gasteiger partial charge is 0.405 e. The van der Waals surface area contributed by atoms with Gasteiger partial charge in [-0.15, -0.1) is 0 Å². The Morgan fingerprint density at radius 3 is 2.71 bits per heavy atom. The van der Waals surface area contributed by atoms with E-state index in [0.717, 1.165) is 25.1 Å². The minimum atomic E-state index is -4.18. The molecule has 0 aliphatic carbocycles. The van der Waals surface area contributed by atoms with Crippen molar-refractivity contribution in [2.75, 3.05) is 25.0 Å². The maximum absolute atomic E-state index is 12.2. The molecule has 1 atom stereocenters. The third kappa shape index (κ3) is 3.36. The Morgan fingerprint density at radius 2 is 2.06 bits per heavy atom. The molecule has 1 unspecified atom stereocenters. The predicted molar refractivity (Wildman–Crippen MR) is 61.2 cm³/mol. The first-order chi connectivity index (χ1) is 8.06. The Labute approximate surface area is 98.2 Å². The monoisotopic (exact) mass is 244 g/mol. The summed E-state index contributed by atoms with van der Waals surface area (Å²) < 4.78 is 36.5. The summed E-state index contributed by atoms with van der Waals surface area (Å²) in [5, 5.41) is 5.70. The molecule has 0 bridgehead atoms. The van der Waals surface area contributed by atoms with Crippen molar-refractivity contribution in [2.24, 2.45) is 0 Å². The van der Waals surface area contributed by atoms with Gasteiger partial charge in [0.2, 0.25) is 0 Å². The summed E-state index contributed by atoms with van der Waals surface area (Å²) in [6.07, 6.45) is -3.20. The minimum absolute atomic E-state index is 0.312. The van der Waals surface area contributed by atoms with Crippen LogP contribution in [0.25, 0.3) is 0 Å². The van der Waals surface area contributed by atoms with E-state index in [1.807, 2.05) is 12.1 Å². The number of nitrogens with one attached hydrogen (secondary N) is 2. The maximum atomic E-state index is 12.2. The summed E-state index contributed by atoms with van der Waals surface area (Å²) in [6.45, 7) is 0.785. The Balaban J connectivity index is 2.10. The van der Waals surface area contributed by atoms with Gasteiger partial charge in [-0.25, -0.2) is 0 Å². The van der Waals surface area contributed by atoms with Gasteiger partial charge < -0.3 is 10.6 Å². The third-order valence-corrected chi connectivity index (χ3v) is 2.94. The number of para-hydroxylation sites is 1. The average molecular weight is 244 g/mol. The molecule has 1 heterocycles. The molecule has 17 heavy (non-hydrogen) atoms. The Morgan fingerprint density at radius 1 is 1.29 bits per heavy atom. The molecule has 0 saturated carbocycles. The highest BCUT2D eigenvalue weighted by atomic mass is 19.4. The van der Waals surface area contributed by atoms with E-state index in [9.17, 15) is 13.2 Å². The normalized spacial score (nSPS) is 20.5. The summed E-state index contributed by atoms with van der Waals surface area (Å²) in [5.41, 5.74) is 1.57. The van der Waals surface area contributed by atoms with Crippen LogP contribution in [0.2, 0.25) is 0 Å². The van der Waals surface area contributed by atoms with Crippen molar-refractivity contribution >= 4 is 5.69 Å². The lowest BCUT2D eigenvalue weighted by Crippen LogP contribution is -2.22. The van der Waals surface area contributed by atoms with E-state index in [1.54, 1.807) is 12.1 Å². The molecule has 1 aliphatic rings. The molecule has 2 rings (SSSR count). The number of hydrogen-bond donors (Lipinski definition) is 2. The van der Waals surface area contributed by atoms with Crippen LogP contribution in [-0.2, 0) is 0 Å². The highest BCUT2D eigenvalue weighted by Crippen LogP contribution is 2.29. The molecule has 1 aliphatic heterocycles. The number of alkyl halides is 3. The van der Waals surface area contributed by atoms with E-state index in [1.165, 1.54) is 0 Å². The maximum Gasteiger partial charge on any atom is 0.405 e. The molecular formula is C12H15F3N2. The predicted octanol–water partition coefficient (Wildman–Crippen LogP) is 2.74. The van der Waals surface area contributed by atoms with Crippen LogP contribution in [0.15, 0.2) is 24.3 Å². The molecular weight excluding hydrogens is 229 g/mol. The zero-order valence-corrected chi connectivity index (χ0v) is 9.35. The molecule has 0 amide bonds. The van der Waals surface area contributed by atoms with Crippen LogP contribution in [0.5, 0.6) is 0 Å². The second-order valence-electron chi connectivity index (χ2n) is 4.25. The van der Waals surface area contributed by atoms with Gasteiger partial charge in [0, 0.05) is 12.2 Å². The van der Waals surface area contributed by atoms with Crippen molar-refractivity contribution in [1.82, 2.24) is 5.32 Å². The molecule has 5 heteroatoms. The highest BCUT2D eigenvalue weighted by molar-refractivity contribution is 5.53. The highest BCUT2D eigenvalue weighted by Gasteiger charge is 2.27. The first-order valence-electron chi connectivity index (χ1n) is 5.66. The minimum Gasteiger partial charge on any atom is -0.376 e. The van der Waals surface area contributed by atoms with Gasteiger partial charge in [-0.05, 0) is 30.5 Å². The van der Waals surface area contributed by atoms with Crippen LogP contribution in [0.4, 0.5) is 18.9 Å². The summed E-state index contributed by atoms with van der Waals surface area (Å²) in [6, 6.07) is 7.23. The van der Waals surface area contributed by atoms with Crippen molar-refractivity contribution in [3.05, 3.63) is 29.8 Å². The standard InChI is InChI=1S/C12H15F3N2/c13-12(14,15)8-17-11-4-2-1-3-10(11)9-5-6-16-7-9/h1-4,9,16-17H,5-8H2. The number of halogens is 3. The van der Waals surface area contributed by atoms with Crippen LogP contribution < -0.4 is 10.6 Å². The van der Waals surface area contributed by atoms with Crippen LogP contribution in [0.3, 0.4) is 0 Å². The number of benzene rings is 1. The van der Waals surface area contributed by atoms with Crippen LogP contribution in [0.1, 0.15) is 17.9 Å². The Bertz CT molecular complexity index is 370. The molecule has 2 nitrogen and oxygen atoms in total. The van der Waals surface area contributed by atoms with Crippen molar-refractivity contribution in [3.8, 4) is 0 Å². The van der Waals surface area contributed by atoms with Crippen molar-refractivity contribution in [2.45, 2.75) is 18.5 Å². The van der Waals surface area contributed by atoms with E-state index in [2.05, 4.69) is 10.6 Å². The quantitative estimate of drug-likeness (QED) is 0.854. The van der Waals surface area contributed by atoms with Gasteiger partial charge >= 0.3 is 6.18 Å². The van der Waals surface area contributed by atoms with Gasteiger partial charge in [0.15, 0.2) is 0 Å². The number of rotatable bonds is 3. The van der Waals surface area contributed by atoms with Gasteiger partial charge in [0.1, 0.15) is 6.54 Å². The van der Waals surface area contributed by atoms with Crippen LogP contribution >= 0.6 is 0 Å². The fourth-order valence-corrected chi connectivity index (χ4v) is 2.13. The van der Waals surface area contributed by atoms with Crippen molar-refractivity contribution in [1.29, 1.82) is 0 Å². The summed E-state index contributed by atoms with van der Waals surface area (Å²) in [4.78, 5) is 0. The topological polar surface area (TPSA) is 24.1 Å². The lowest BCUT2D eigenvalue weighted by atomic mass is 9.96. The zero-order chi connectivity index (χ0) is 12.3. The molecule has 2 N–H and O–H groups in total. The molecule has 1 saturated heterocycles. The fourth-order valence-electron chi connectivity index (χ4n) is 2.13. The second kappa shape index (κ2) is 4.96. The van der Waals surface area contributed by atoms with Gasteiger partial charge in [-0.1, -0.05) is 18.2 Å². The van der Waals surface area contributed by atoms with Crippen molar-refractivity contribution in [3.63, 3.8) is 0 Å². The molecule has 0 spiro atoms. The molecule has 0 aromatic heterocycles. The van der Waals surface area contributed by atoms with Gasteiger partial charge in [0.25, 0.3) is 0 Å². The van der Waals surface area contributed by atoms with Gasteiger partial charge in [-0.2, -0.15) is 13.2 Å². The molecule has 1 fully saturated rings. The molecule has 1 aromatic carbocycles. The van der Waals surface area contributed by atoms with Crippen LogP contribution in [-0.4, -0.2) is 25.8 Å². The first-order valence-corrected chi connectivity index (χ1v) is 5.66. The molecule has 0 radical (unpaired) electrons. The SMILES string of the molecule is FC(F)(F)CNc1ccccc1C1CCNC1. The van der Waals surface area contributed by atoms with Crippen LogP contribution in [0, 0.1) is 0 Å². The lowest BCUT2D eigenvalue weighted by molar-refractivity contribution is -0.115. The second-order valence-corrected chi connectivity index (χ2v) is 4.25. The van der Waals surface area contributed by atoms with Gasteiger partial charge in [-0.3, -0.25) is 0 Å². The summed E-state index contributed by atoms with van der Waals surface area (Å²) in [5.74, 6) is 0.312. The summed E-state index contributed by atoms with van der Waals surface area (Å²) >= 11 is 0. The summed E-state index contributed by atoms with van der Waals surface area (Å²) in [7, 11) is 0. The number of anilines is 1. The third-order valence-electron chi connectivity index (χ3n) is 2.94. The first kappa shape index (κ1) is 12.2. The van der Waals surface area contributed by atoms with Gasteiger partial charge in [0.05, 0.1) is 0 Å². The molecule has 1 aromatic rings. The fraction of sp³-hybridized carbons (Fsp3) is 0.500. The molecule has 94 valence electrons. The Hall–Kier alpha value is -1.23. The lowest BCUT2D eigenvalue weighted by Gasteiger charge is -2.17. The van der Waals surface area contributed by atoms with E-state index in [0.29, 0.717) is 11.6 Å². The van der Waals surface area contributed by atoms with E-state index < -0.39 is 12.7 Å². The van der Waals surface area contributed by atoms with Crippen molar-refractivity contribution < 1.29 is 13.2 Å². The number of hydrogen-bond acceptors (Lipinski definition) is 2. The van der Waals surface area contributed by atoms with E-state index >= 15 is 0 Å². The smallest absolute Gasteiger partial charge is 0.376 e. The van der Waals surface area contributed by atoms with E-state index in [-0.39, 0.29) is 0 Å².